The Labute approximate surface area is 142 Å². The van der Waals surface area contributed by atoms with Crippen molar-refractivity contribution in [2.75, 3.05) is 13.7 Å². The molecular formula is C17H17BrFNO3. The standard InChI is InChI=1S/C17H17BrFNO3/c1-23-17(22)12-2-3-13(15(18)8-12)9-20-16(10-21)11-4-6-14(19)7-5-11/h2-8,16,20-21H,9-10H2,1H3. The number of carbonyl (C=O) groups is 1. The number of esters is 1. The van der Waals surface area contributed by atoms with Gasteiger partial charge in [0, 0.05) is 11.0 Å². The lowest BCUT2D eigenvalue weighted by Crippen LogP contribution is -2.24. The second kappa shape index (κ2) is 8.19. The number of carbonyl (C=O) groups excluding carboxylic acids is 1. The monoisotopic (exact) mass is 381 g/mol. The van der Waals surface area contributed by atoms with Crippen molar-refractivity contribution < 1.29 is 19.0 Å². The van der Waals surface area contributed by atoms with Gasteiger partial charge in [-0.2, -0.15) is 0 Å². The van der Waals surface area contributed by atoms with Gasteiger partial charge in [-0.3, -0.25) is 0 Å². The van der Waals surface area contributed by atoms with E-state index in [-0.39, 0.29) is 18.5 Å². The Hall–Kier alpha value is -1.76. The summed E-state index contributed by atoms with van der Waals surface area (Å²) in [5.41, 5.74) is 2.19. The SMILES string of the molecule is COC(=O)c1ccc(CNC(CO)c2ccc(F)cc2)c(Br)c1. The van der Waals surface area contributed by atoms with Gasteiger partial charge in [0.1, 0.15) is 5.82 Å². The molecule has 23 heavy (non-hydrogen) atoms. The molecular weight excluding hydrogens is 365 g/mol. The quantitative estimate of drug-likeness (QED) is 0.754. The van der Waals surface area contributed by atoms with Crippen molar-refractivity contribution >= 4 is 21.9 Å². The smallest absolute Gasteiger partial charge is 0.337 e. The van der Waals surface area contributed by atoms with E-state index in [1.807, 2.05) is 6.07 Å². The van der Waals surface area contributed by atoms with Crippen molar-refractivity contribution in [2.24, 2.45) is 0 Å². The molecule has 2 rings (SSSR count). The van der Waals surface area contributed by atoms with Crippen molar-refractivity contribution in [2.45, 2.75) is 12.6 Å². The fraction of sp³-hybridized carbons (Fsp3) is 0.235. The van der Waals surface area contributed by atoms with Gasteiger partial charge in [-0.1, -0.05) is 34.1 Å². The van der Waals surface area contributed by atoms with Gasteiger partial charge in [-0.15, -0.1) is 0 Å². The highest BCUT2D eigenvalue weighted by Crippen LogP contribution is 2.21. The molecule has 2 N–H and O–H groups in total. The summed E-state index contributed by atoms with van der Waals surface area (Å²) in [6.45, 7) is 0.369. The molecule has 0 aliphatic heterocycles. The van der Waals surface area contributed by atoms with Gasteiger partial charge < -0.3 is 15.2 Å². The molecule has 0 heterocycles. The fourth-order valence-corrected chi connectivity index (χ4v) is 2.67. The summed E-state index contributed by atoms with van der Waals surface area (Å²) in [5, 5.41) is 12.7. The van der Waals surface area contributed by atoms with Crippen LogP contribution in [0.2, 0.25) is 0 Å². The van der Waals surface area contributed by atoms with Crippen LogP contribution in [-0.2, 0) is 11.3 Å². The van der Waals surface area contributed by atoms with Crippen LogP contribution in [0, 0.1) is 5.82 Å². The Morgan fingerprint density at radius 2 is 2.00 bits per heavy atom. The Kier molecular flexibility index (Phi) is 6.27. The van der Waals surface area contributed by atoms with Crippen LogP contribution in [0.4, 0.5) is 4.39 Å². The number of ether oxygens (including phenoxy) is 1. The molecule has 1 unspecified atom stereocenters. The van der Waals surface area contributed by atoms with E-state index in [2.05, 4.69) is 26.0 Å². The highest BCUT2D eigenvalue weighted by atomic mass is 79.9. The predicted octanol–water partition coefficient (Wildman–Crippen LogP) is 3.20. The van der Waals surface area contributed by atoms with E-state index < -0.39 is 5.97 Å². The Bertz CT molecular complexity index is 676. The zero-order valence-corrected chi connectivity index (χ0v) is 14.1. The number of aliphatic hydroxyl groups is 1. The maximum absolute atomic E-state index is 13.0. The number of benzene rings is 2. The van der Waals surface area contributed by atoms with Gasteiger partial charge in [0.05, 0.1) is 25.3 Å². The fourth-order valence-electron chi connectivity index (χ4n) is 2.15. The van der Waals surface area contributed by atoms with Crippen molar-refractivity contribution in [3.05, 3.63) is 69.4 Å². The van der Waals surface area contributed by atoms with E-state index in [1.165, 1.54) is 19.2 Å². The van der Waals surface area contributed by atoms with Gasteiger partial charge in [-0.05, 0) is 35.4 Å². The van der Waals surface area contributed by atoms with Crippen LogP contribution in [0.1, 0.15) is 27.5 Å². The van der Waals surface area contributed by atoms with Gasteiger partial charge >= 0.3 is 5.97 Å². The summed E-state index contributed by atoms with van der Waals surface area (Å²) < 4.78 is 18.4. The summed E-state index contributed by atoms with van der Waals surface area (Å²) in [5.74, 6) is -0.712. The van der Waals surface area contributed by atoms with Crippen molar-refractivity contribution in [1.29, 1.82) is 0 Å². The number of aliphatic hydroxyl groups excluding tert-OH is 1. The van der Waals surface area contributed by atoms with Crippen LogP contribution in [0.25, 0.3) is 0 Å². The minimum Gasteiger partial charge on any atom is -0.465 e. The molecule has 0 aliphatic carbocycles. The molecule has 1 atom stereocenters. The van der Waals surface area contributed by atoms with E-state index in [0.717, 1.165) is 15.6 Å². The molecule has 0 saturated carbocycles. The molecule has 122 valence electrons. The topological polar surface area (TPSA) is 58.6 Å². The summed E-state index contributed by atoms with van der Waals surface area (Å²) in [4.78, 5) is 11.5. The average molecular weight is 382 g/mol. The molecule has 0 saturated heterocycles. The zero-order chi connectivity index (χ0) is 16.8. The summed E-state index contributed by atoms with van der Waals surface area (Å²) in [7, 11) is 1.33. The van der Waals surface area contributed by atoms with E-state index in [1.54, 1.807) is 24.3 Å². The zero-order valence-electron chi connectivity index (χ0n) is 12.6. The average Bonchev–Trinajstić information content (AvgIpc) is 2.57. The van der Waals surface area contributed by atoms with Crippen LogP contribution in [-0.4, -0.2) is 24.8 Å². The molecule has 0 aromatic heterocycles. The summed E-state index contributed by atoms with van der Waals surface area (Å²) in [6, 6.07) is 10.9. The third-order valence-corrected chi connectivity index (χ3v) is 4.21. The normalized spacial score (nSPS) is 12.0. The number of methoxy groups -OCH3 is 1. The van der Waals surface area contributed by atoms with Crippen LogP contribution in [0.15, 0.2) is 46.9 Å². The first-order chi connectivity index (χ1) is 11.0. The number of hydrogen-bond donors (Lipinski definition) is 2. The van der Waals surface area contributed by atoms with E-state index in [9.17, 15) is 14.3 Å². The molecule has 0 spiro atoms. The number of hydrogen-bond acceptors (Lipinski definition) is 4. The first kappa shape index (κ1) is 17.6. The molecule has 0 bridgehead atoms. The first-order valence-electron chi connectivity index (χ1n) is 7.01. The van der Waals surface area contributed by atoms with Crippen molar-refractivity contribution in [3.63, 3.8) is 0 Å². The minimum absolute atomic E-state index is 0.108. The largest absolute Gasteiger partial charge is 0.465 e. The molecule has 0 fully saturated rings. The van der Waals surface area contributed by atoms with Crippen LogP contribution in [0.3, 0.4) is 0 Å². The first-order valence-corrected chi connectivity index (χ1v) is 7.81. The third-order valence-electron chi connectivity index (χ3n) is 3.47. The van der Waals surface area contributed by atoms with Crippen LogP contribution in [0.5, 0.6) is 0 Å². The summed E-state index contributed by atoms with van der Waals surface area (Å²) >= 11 is 3.42. The van der Waals surface area contributed by atoms with Crippen LogP contribution >= 0.6 is 15.9 Å². The van der Waals surface area contributed by atoms with Gasteiger partial charge in [-0.25, -0.2) is 9.18 Å². The molecule has 0 radical (unpaired) electrons. The molecule has 0 aliphatic rings. The van der Waals surface area contributed by atoms with Crippen molar-refractivity contribution in [3.8, 4) is 0 Å². The molecule has 0 amide bonds. The highest BCUT2D eigenvalue weighted by Gasteiger charge is 2.12. The van der Waals surface area contributed by atoms with Crippen LogP contribution < -0.4 is 5.32 Å². The van der Waals surface area contributed by atoms with E-state index in [0.29, 0.717) is 12.1 Å². The summed E-state index contributed by atoms with van der Waals surface area (Å²) in [6.07, 6.45) is 0. The lowest BCUT2D eigenvalue weighted by molar-refractivity contribution is 0.0600. The second-order valence-electron chi connectivity index (χ2n) is 4.97. The number of rotatable bonds is 6. The molecule has 2 aromatic rings. The third kappa shape index (κ3) is 4.60. The maximum atomic E-state index is 13.0. The molecule has 6 heteroatoms. The Morgan fingerprint density at radius 3 is 2.57 bits per heavy atom. The molecule has 4 nitrogen and oxygen atoms in total. The van der Waals surface area contributed by atoms with E-state index >= 15 is 0 Å². The van der Waals surface area contributed by atoms with E-state index in [4.69, 9.17) is 0 Å². The Morgan fingerprint density at radius 1 is 1.30 bits per heavy atom. The van der Waals surface area contributed by atoms with Gasteiger partial charge in [0.2, 0.25) is 0 Å². The predicted molar refractivity (Wildman–Crippen MR) is 88.5 cm³/mol. The lowest BCUT2D eigenvalue weighted by Gasteiger charge is -2.17. The Balaban J connectivity index is 2.06. The molecule has 2 aromatic carbocycles. The maximum Gasteiger partial charge on any atom is 0.337 e. The van der Waals surface area contributed by atoms with Gasteiger partial charge in [0.15, 0.2) is 0 Å². The van der Waals surface area contributed by atoms with Crippen molar-refractivity contribution in [1.82, 2.24) is 5.32 Å². The minimum atomic E-state index is -0.398. The van der Waals surface area contributed by atoms with Gasteiger partial charge in [0.25, 0.3) is 0 Å². The second-order valence-corrected chi connectivity index (χ2v) is 5.82. The number of halogens is 2. The highest BCUT2D eigenvalue weighted by molar-refractivity contribution is 9.10. The number of nitrogens with one attached hydrogen (secondary N) is 1. The lowest BCUT2D eigenvalue weighted by atomic mass is 10.1.